The van der Waals surface area contributed by atoms with Gasteiger partial charge in [-0.15, -0.1) is 0 Å². The Morgan fingerprint density at radius 3 is 2.08 bits per heavy atom. The average molecular weight is 188 g/mol. The molecule has 1 atom stereocenters. The predicted octanol–water partition coefficient (Wildman–Crippen LogP) is 0.995. The monoisotopic (exact) mass is 188 g/mol. The van der Waals surface area contributed by atoms with Crippen LogP contribution in [0.3, 0.4) is 0 Å². The van der Waals surface area contributed by atoms with E-state index < -0.39 is 5.92 Å². The molecular formula is C9H16O4. The molecule has 4 nitrogen and oxygen atoms in total. The van der Waals surface area contributed by atoms with Gasteiger partial charge in [0.15, 0.2) is 0 Å². The minimum Gasteiger partial charge on any atom is -0.469 e. The molecule has 1 unspecified atom stereocenters. The van der Waals surface area contributed by atoms with E-state index in [1.54, 1.807) is 20.8 Å². The topological polar surface area (TPSA) is 52.6 Å². The van der Waals surface area contributed by atoms with Crippen molar-refractivity contribution in [3.05, 3.63) is 0 Å². The Kier molecular flexibility index (Phi) is 5.11. The predicted molar refractivity (Wildman–Crippen MR) is 47.0 cm³/mol. The van der Waals surface area contributed by atoms with Crippen molar-refractivity contribution in [1.82, 2.24) is 0 Å². The molecule has 76 valence electrons. The highest BCUT2D eigenvalue weighted by Crippen LogP contribution is 2.02. The van der Waals surface area contributed by atoms with Crippen LogP contribution in [0, 0.1) is 11.8 Å². The number of methoxy groups -OCH3 is 1. The van der Waals surface area contributed by atoms with Gasteiger partial charge in [0.25, 0.3) is 0 Å². The van der Waals surface area contributed by atoms with Crippen molar-refractivity contribution >= 4 is 11.9 Å². The highest BCUT2D eigenvalue weighted by Gasteiger charge is 2.16. The Hall–Kier alpha value is -1.06. The number of rotatable bonds is 4. The molecule has 0 amide bonds. The first-order chi connectivity index (χ1) is 5.99. The largest absolute Gasteiger partial charge is 0.469 e. The smallest absolute Gasteiger partial charge is 0.311 e. The quantitative estimate of drug-likeness (QED) is 0.617. The maximum atomic E-state index is 11.0. The maximum Gasteiger partial charge on any atom is 0.311 e. The zero-order chi connectivity index (χ0) is 10.4. The van der Waals surface area contributed by atoms with Crippen LogP contribution in [0.1, 0.15) is 20.8 Å². The molecule has 0 bridgehead atoms. The van der Waals surface area contributed by atoms with Crippen LogP contribution in [0.25, 0.3) is 0 Å². The van der Waals surface area contributed by atoms with Crippen LogP contribution in [0.2, 0.25) is 0 Å². The molecule has 0 heterocycles. The maximum absolute atomic E-state index is 11.0. The van der Waals surface area contributed by atoms with Gasteiger partial charge < -0.3 is 9.47 Å². The first-order valence-electron chi connectivity index (χ1n) is 4.23. The molecule has 0 fully saturated rings. The highest BCUT2D eigenvalue weighted by atomic mass is 16.5. The molecule has 0 spiro atoms. The van der Waals surface area contributed by atoms with E-state index in [2.05, 4.69) is 4.74 Å². The van der Waals surface area contributed by atoms with Gasteiger partial charge in [0.1, 0.15) is 6.61 Å². The summed E-state index contributed by atoms with van der Waals surface area (Å²) in [6.07, 6.45) is 0. The highest BCUT2D eigenvalue weighted by molar-refractivity contribution is 5.74. The Morgan fingerprint density at radius 2 is 1.69 bits per heavy atom. The van der Waals surface area contributed by atoms with Crippen molar-refractivity contribution in [3.8, 4) is 0 Å². The second-order valence-corrected chi connectivity index (χ2v) is 3.21. The molecule has 0 aliphatic rings. The van der Waals surface area contributed by atoms with E-state index >= 15 is 0 Å². The molecule has 4 heteroatoms. The Morgan fingerprint density at radius 1 is 1.15 bits per heavy atom. The number of carbonyl (C=O) groups is 2. The summed E-state index contributed by atoms with van der Waals surface area (Å²) in [4.78, 5) is 21.9. The summed E-state index contributed by atoms with van der Waals surface area (Å²) in [5.74, 6) is -1.22. The molecule has 0 radical (unpaired) electrons. The summed E-state index contributed by atoms with van der Waals surface area (Å²) in [7, 11) is 1.31. The summed E-state index contributed by atoms with van der Waals surface area (Å²) in [6, 6.07) is 0. The van der Waals surface area contributed by atoms with Gasteiger partial charge in [-0.05, 0) is 6.92 Å². The third kappa shape index (κ3) is 4.50. The van der Waals surface area contributed by atoms with Gasteiger partial charge in [-0.1, -0.05) is 13.8 Å². The van der Waals surface area contributed by atoms with Gasteiger partial charge in [-0.3, -0.25) is 9.59 Å². The van der Waals surface area contributed by atoms with Gasteiger partial charge in [-0.2, -0.15) is 0 Å². The lowest BCUT2D eigenvalue weighted by Gasteiger charge is -2.11. The van der Waals surface area contributed by atoms with Crippen molar-refractivity contribution in [2.45, 2.75) is 20.8 Å². The zero-order valence-corrected chi connectivity index (χ0v) is 8.49. The Bertz CT molecular complexity index is 186. The molecule has 13 heavy (non-hydrogen) atoms. The third-order valence-corrected chi connectivity index (χ3v) is 1.55. The van der Waals surface area contributed by atoms with Crippen LogP contribution >= 0.6 is 0 Å². The molecule has 0 saturated carbocycles. The average Bonchev–Trinajstić information content (AvgIpc) is 2.11. The molecule has 0 aromatic heterocycles. The normalized spacial score (nSPS) is 12.4. The van der Waals surface area contributed by atoms with Crippen LogP contribution in [0.4, 0.5) is 0 Å². The van der Waals surface area contributed by atoms with E-state index in [9.17, 15) is 9.59 Å². The Balaban J connectivity index is 3.76. The fraction of sp³-hybridized carbons (Fsp3) is 0.778. The standard InChI is InChI=1S/C9H16O4/c1-6(2)8(10)13-5-7(3)9(11)12-4/h6-7H,5H2,1-4H3. The van der Waals surface area contributed by atoms with Gasteiger partial charge in [0, 0.05) is 0 Å². The summed E-state index contributed by atoms with van der Waals surface area (Å²) in [6.45, 7) is 5.22. The molecule has 0 aliphatic carbocycles. The Labute approximate surface area is 78.2 Å². The molecule has 0 aliphatic heterocycles. The van der Waals surface area contributed by atoms with Crippen LogP contribution in [0.15, 0.2) is 0 Å². The lowest BCUT2D eigenvalue weighted by Crippen LogP contribution is -2.22. The first-order valence-corrected chi connectivity index (χ1v) is 4.23. The fourth-order valence-electron chi connectivity index (χ4n) is 0.643. The van der Waals surface area contributed by atoms with E-state index in [1.807, 2.05) is 0 Å². The van der Waals surface area contributed by atoms with Crippen molar-refractivity contribution < 1.29 is 19.1 Å². The molecule has 0 N–H and O–H groups in total. The van der Waals surface area contributed by atoms with E-state index in [-0.39, 0.29) is 24.5 Å². The number of carbonyl (C=O) groups excluding carboxylic acids is 2. The first kappa shape index (κ1) is 11.9. The van der Waals surface area contributed by atoms with Gasteiger partial charge in [0.2, 0.25) is 0 Å². The van der Waals surface area contributed by atoms with E-state index in [0.717, 1.165) is 0 Å². The van der Waals surface area contributed by atoms with Crippen LogP contribution in [-0.2, 0) is 19.1 Å². The lowest BCUT2D eigenvalue weighted by molar-refractivity contribution is -0.154. The number of hydrogen-bond acceptors (Lipinski definition) is 4. The van der Waals surface area contributed by atoms with Crippen molar-refractivity contribution in [2.75, 3.05) is 13.7 Å². The van der Waals surface area contributed by atoms with Gasteiger partial charge in [-0.25, -0.2) is 0 Å². The summed E-state index contributed by atoms with van der Waals surface area (Å²) in [5.41, 5.74) is 0. The minimum absolute atomic E-state index is 0.0870. The molecule has 0 saturated heterocycles. The van der Waals surface area contributed by atoms with Crippen molar-refractivity contribution in [1.29, 1.82) is 0 Å². The molecular weight excluding hydrogens is 172 g/mol. The van der Waals surface area contributed by atoms with E-state index in [0.29, 0.717) is 0 Å². The summed E-state index contributed by atoms with van der Waals surface area (Å²) < 4.78 is 9.32. The van der Waals surface area contributed by atoms with Crippen molar-refractivity contribution in [2.24, 2.45) is 11.8 Å². The SMILES string of the molecule is COC(=O)C(C)COC(=O)C(C)C. The number of ether oxygens (including phenoxy) is 2. The van der Waals surface area contributed by atoms with Crippen LogP contribution in [0.5, 0.6) is 0 Å². The zero-order valence-electron chi connectivity index (χ0n) is 8.49. The van der Waals surface area contributed by atoms with Crippen molar-refractivity contribution in [3.63, 3.8) is 0 Å². The van der Waals surface area contributed by atoms with Gasteiger partial charge in [0.05, 0.1) is 18.9 Å². The second kappa shape index (κ2) is 5.56. The summed E-state index contributed by atoms with van der Waals surface area (Å²) in [5, 5.41) is 0. The van der Waals surface area contributed by atoms with Gasteiger partial charge >= 0.3 is 11.9 Å². The van der Waals surface area contributed by atoms with Crippen LogP contribution < -0.4 is 0 Å². The fourth-order valence-corrected chi connectivity index (χ4v) is 0.643. The number of esters is 2. The summed E-state index contributed by atoms with van der Waals surface area (Å²) >= 11 is 0. The molecule has 0 rings (SSSR count). The molecule has 0 aromatic rings. The molecule has 0 aromatic carbocycles. The minimum atomic E-state index is -0.396. The van der Waals surface area contributed by atoms with Crippen LogP contribution in [-0.4, -0.2) is 25.7 Å². The lowest BCUT2D eigenvalue weighted by atomic mass is 10.2. The second-order valence-electron chi connectivity index (χ2n) is 3.21. The number of hydrogen-bond donors (Lipinski definition) is 0. The third-order valence-electron chi connectivity index (χ3n) is 1.55. The van der Waals surface area contributed by atoms with E-state index in [1.165, 1.54) is 7.11 Å². The van der Waals surface area contributed by atoms with E-state index in [4.69, 9.17) is 4.74 Å².